The van der Waals surface area contributed by atoms with Crippen LogP contribution in [0.4, 0.5) is 0 Å². The van der Waals surface area contributed by atoms with Crippen molar-refractivity contribution >= 4 is 40.4 Å². The van der Waals surface area contributed by atoms with Crippen molar-refractivity contribution in [1.29, 1.82) is 0 Å². The second kappa shape index (κ2) is 5.87. The van der Waals surface area contributed by atoms with Crippen molar-refractivity contribution in [2.75, 3.05) is 0 Å². The second-order valence-corrected chi connectivity index (χ2v) is 6.18. The number of nitrogens with two attached hydrogens (primary N) is 2. The fourth-order valence-electron chi connectivity index (χ4n) is 1.59. The van der Waals surface area contributed by atoms with E-state index in [1.165, 1.54) is 11.3 Å². The summed E-state index contributed by atoms with van der Waals surface area (Å²) < 4.78 is 1.24. The predicted molar refractivity (Wildman–Crippen MR) is 68.9 cm³/mol. The third-order valence-electron chi connectivity index (χ3n) is 2.29. The third-order valence-corrected chi connectivity index (χ3v) is 3.81. The number of rotatable bonds is 5. The van der Waals surface area contributed by atoms with Crippen LogP contribution in [0.25, 0.3) is 0 Å². The van der Waals surface area contributed by atoms with Gasteiger partial charge in [0.05, 0.1) is 8.67 Å². The summed E-state index contributed by atoms with van der Waals surface area (Å²) in [7, 11) is 0. The lowest BCUT2D eigenvalue weighted by atomic mass is 9.95. The third kappa shape index (κ3) is 3.94. The van der Waals surface area contributed by atoms with Crippen LogP contribution in [0, 0.1) is 5.92 Å². The van der Waals surface area contributed by atoms with Crippen molar-refractivity contribution in [2.24, 2.45) is 17.4 Å². The van der Waals surface area contributed by atoms with Crippen molar-refractivity contribution < 1.29 is 4.79 Å². The Kier molecular flexibility index (Phi) is 5.05. The number of hydrogen-bond acceptors (Lipinski definition) is 3. The number of thiophene rings is 1. The molecule has 1 amide bonds. The smallest absolute Gasteiger partial charge is 0.217 e. The van der Waals surface area contributed by atoms with Crippen LogP contribution in [0.5, 0.6) is 0 Å². The first-order valence-corrected chi connectivity index (χ1v) is 6.46. The van der Waals surface area contributed by atoms with Crippen LogP contribution < -0.4 is 11.5 Å². The molecule has 0 bridgehead atoms. The first kappa shape index (κ1) is 13.8. The van der Waals surface area contributed by atoms with Gasteiger partial charge in [0.2, 0.25) is 5.91 Å². The van der Waals surface area contributed by atoms with Crippen LogP contribution in [-0.4, -0.2) is 5.91 Å². The Bertz CT molecular complexity index is 381. The summed E-state index contributed by atoms with van der Waals surface area (Å²) in [5.74, 6) is -0.170. The number of carbonyl (C=O) groups is 1. The Balaban J connectivity index is 2.61. The molecule has 0 aliphatic rings. The molecule has 0 saturated carbocycles. The van der Waals surface area contributed by atoms with Crippen molar-refractivity contribution in [1.82, 2.24) is 0 Å². The van der Waals surface area contributed by atoms with E-state index in [1.807, 2.05) is 6.92 Å². The molecule has 3 nitrogen and oxygen atoms in total. The quantitative estimate of drug-likeness (QED) is 0.871. The van der Waals surface area contributed by atoms with E-state index in [2.05, 4.69) is 0 Å². The maximum atomic E-state index is 10.7. The van der Waals surface area contributed by atoms with E-state index in [-0.39, 0.29) is 17.9 Å². The number of amides is 1. The minimum atomic E-state index is -0.311. The molecule has 2 atom stereocenters. The minimum absolute atomic E-state index is 0.141. The molecule has 16 heavy (non-hydrogen) atoms. The van der Waals surface area contributed by atoms with Gasteiger partial charge in [0, 0.05) is 12.5 Å². The van der Waals surface area contributed by atoms with Crippen molar-refractivity contribution in [2.45, 2.75) is 25.8 Å². The normalized spacial score (nSPS) is 14.8. The zero-order valence-corrected chi connectivity index (χ0v) is 11.2. The SMILES string of the molecule is CC(CC(N)=O)CC(N)c1cc(Cl)sc1Cl. The van der Waals surface area contributed by atoms with E-state index in [9.17, 15) is 4.79 Å². The van der Waals surface area contributed by atoms with E-state index in [4.69, 9.17) is 34.7 Å². The van der Waals surface area contributed by atoms with Crippen LogP contribution in [0.3, 0.4) is 0 Å². The van der Waals surface area contributed by atoms with Gasteiger partial charge in [0.25, 0.3) is 0 Å². The highest BCUT2D eigenvalue weighted by atomic mass is 35.5. The Hall–Kier alpha value is -0.290. The van der Waals surface area contributed by atoms with Gasteiger partial charge in [-0.3, -0.25) is 4.79 Å². The average Bonchev–Trinajstić information content (AvgIpc) is 2.43. The molecule has 0 aliphatic heterocycles. The zero-order chi connectivity index (χ0) is 12.3. The first-order chi connectivity index (χ1) is 7.40. The molecule has 0 spiro atoms. The van der Waals surface area contributed by atoms with Gasteiger partial charge in [0.15, 0.2) is 0 Å². The van der Waals surface area contributed by atoms with Gasteiger partial charge < -0.3 is 11.5 Å². The van der Waals surface area contributed by atoms with Crippen molar-refractivity contribution in [3.05, 3.63) is 20.3 Å². The molecule has 1 aromatic heterocycles. The Morgan fingerprint density at radius 3 is 2.62 bits per heavy atom. The Morgan fingerprint density at radius 2 is 2.19 bits per heavy atom. The molecule has 1 rings (SSSR count). The summed E-state index contributed by atoms with van der Waals surface area (Å²) >= 11 is 13.1. The molecule has 0 aliphatic carbocycles. The van der Waals surface area contributed by atoms with E-state index in [0.717, 1.165) is 5.56 Å². The van der Waals surface area contributed by atoms with Gasteiger partial charge in [0.1, 0.15) is 0 Å². The summed E-state index contributed by atoms with van der Waals surface area (Å²) in [6.45, 7) is 1.94. The molecule has 1 heterocycles. The highest BCUT2D eigenvalue weighted by Crippen LogP contribution is 2.36. The van der Waals surface area contributed by atoms with Gasteiger partial charge in [-0.25, -0.2) is 0 Å². The molecule has 0 fully saturated rings. The Labute approximate surface area is 109 Å². The number of halogens is 2. The topological polar surface area (TPSA) is 69.1 Å². The average molecular weight is 281 g/mol. The monoisotopic (exact) mass is 280 g/mol. The Morgan fingerprint density at radius 1 is 1.56 bits per heavy atom. The van der Waals surface area contributed by atoms with Crippen LogP contribution in [0.15, 0.2) is 6.07 Å². The molecule has 0 saturated heterocycles. The highest BCUT2D eigenvalue weighted by Gasteiger charge is 2.17. The van der Waals surface area contributed by atoms with Crippen LogP contribution >= 0.6 is 34.5 Å². The predicted octanol–water partition coefficient (Wildman–Crippen LogP) is 2.96. The van der Waals surface area contributed by atoms with E-state index < -0.39 is 0 Å². The molecule has 2 unspecified atom stereocenters. The van der Waals surface area contributed by atoms with Crippen molar-refractivity contribution in [3.8, 4) is 0 Å². The van der Waals surface area contributed by atoms with Crippen LogP contribution in [-0.2, 0) is 4.79 Å². The fraction of sp³-hybridized carbons (Fsp3) is 0.500. The standard InChI is InChI=1S/C10H14Cl2N2OS/c1-5(3-9(14)15)2-7(13)6-4-8(11)16-10(6)12/h4-5,7H,2-3,13H2,1H3,(H2,14,15). The van der Waals surface area contributed by atoms with Crippen LogP contribution in [0.2, 0.25) is 8.67 Å². The highest BCUT2D eigenvalue weighted by molar-refractivity contribution is 7.20. The van der Waals surface area contributed by atoms with Gasteiger partial charge >= 0.3 is 0 Å². The van der Waals surface area contributed by atoms with Gasteiger partial charge in [-0.2, -0.15) is 0 Å². The summed E-state index contributed by atoms with van der Waals surface area (Å²) in [4.78, 5) is 10.7. The van der Waals surface area contributed by atoms with Gasteiger partial charge in [-0.15, -0.1) is 11.3 Å². The van der Waals surface area contributed by atoms with E-state index in [0.29, 0.717) is 21.5 Å². The summed E-state index contributed by atoms with van der Waals surface area (Å²) in [5.41, 5.74) is 12.0. The van der Waals surface area contributed by atoms with E-state index in [1.54, 1.807) is 6.07 Å². The molecule has 1 aromatic rings. The molecule has 4 N–H and O–H groups in total. The van der Waals surface area contributed by atoms with Gasteiger partial charge in [-0.1, -0.05) is 30.1 Å². The van der Waals surface area contributed by atoms with Crippen molar-refractivity contribution in [3.63, 3.8) is 0 Å². The summed E-state index contributed by atoms with van der Waals surface area (Å²) in [5, 5.41) is 0. The lowest BCUT2D eigenvalue weighted by Crippen LogP contribution is -2.19. The summed E-state index contributed by atoms with van der Waals surface area (Å²) in [6.07, 6.45) is 0.999. The van der Waals surface area contributed by atoms with E-state index >= 15 is 0 Å². The van der Waals surface area contributed by atoms with Crippen LogP contribution in [0.1, 0.15) is 31.4 Å². The molecular formula is C10H14Cl2N2OS. The zero-order valence-electron chi connectivity index (χ0n) is 8.87. The lowest BCUT2D eigenvalue weighted by Gasteiger charge is -2.15. The second-order valence-electron chi connectivity index (χ2n) is 3.90. The lowest BCUT2D eigenvalue weighted by molar-refractivity contribution is -0.118. The largest absolute Gasteiger partial charge is 0.370 e. The maximum Gasteiger partial charge on any atom is 0.217 e. The van der Waals surface area contributed by atoms with Gasteiger partial charge in [-0.05, 0) is 24.0 Å². The number of carbonyl (C=O) groups excluding carboxylic acids is 1. The number of primary amides is 1. The first-order valence-electron chi connectivity index (χ1n) is 4.88. The number of hydrogen-bond donors (Lipinski definition) is 2. The minimum Gasteiger partial charge on any atom is -0.370 e. The molecule has 0 radical (unpaired) electrons. The molecular weight excluding hydrogens is 267 g/mol. The maximum absolute atomic E-state index is 10.7. The fourth-order valence-corrected chi connectivity index (χ4v) is 3.19. The molecule has 90 valence electrons. The molecule has 6 heteroatoms. The molecule has 0 aromatic carbocycles. The summed E-state index contributed by atoms with van der Waals surface area (Å²) in [6, 6.07) is 1.57.